The predicted molar refractivity (Wildman–Crippen MR) is 142 cm³/mol. The minimum atomic E-state index is -3.01. The van der Waals surface area contributed by atoms with Crippen molar-refractivity contribution in [1.29, 1.82) is 0 Å². The van der Waals surface area contributed by atoms with E-state index in [9.17, 15) is 45.6 Å². The maximum Gasteiger partial charge on any atom is 0.357 e. The SMILES string of the molecule is O=C1c2c(O)cc(O)cc2OC2(c3ccc(O)c(O)c3)Oc3cc(C4Oc5cc(O)cc(O)c5CC4O)ccc3OC12O. The van der Waals surface area contributed by atoms with Gasteiger partial charge in [-0.15, -0.1) is 0 Å². The molecule has 0 aromatic heterocycles. The lowest BCUT2D eigenvalue weighted by atomic mass is 9.85. The van der Waals surface area contributed by atoms with Crippen molar-refractivity contribution in [3.05, 3.63) is 82.9 Å². The summed E-state index contributed by atoms with van der Waals surface area (Å²) in [7, 11) is 0. The Morgan fingerprint density at radius 3 is 2.12 bits per heavy atom. The van der Waals surface area contributed by atoms with Crippen LogP contribution in [0.15, 0.2) is 60.7 Å². The maximum absolute atomic E-state index is 13.8. The highest BCUT2D eigenvalue weighted by atomic mass is 16.8. The molecule has 3 heterocycles. The molecule has 0 fully saturated rings. The van der Waals surface area contributed by atoms with E-state index in [1.165, 1.54) is 30.3 Å². The monoisotopic (exact) mass is 590 g/mol. The van der Waals surface area contributed by atoms with Gasteiger partial charge in [0.25, 0.3) is 5.78 Å². The molecule has 7 rings (SSSR count). The Bertz CT molecular complexity index is 1850. The van der Waals surface area contributed by atoms with Crippen molar-refractivity contribution in [3.63, 3.8) is 0 Å². The molecule has 0 saturated carbocycles. The molecule has 8 N–H and O–H groups in total. The molecule has 4 unspecified atom stereocenters. The van der Waals surface area contributed by atoms with Gasteiger partial charge in [0.1, 0.15) is 46.2 Å². The first kappa shape index (κ1) is 26.4. The topological polar surface area (TPSA) is 216 Å². The number of Topliss-reactive ketones (excluding diaryl/α,β-unsaturated/α-hetero) is 1. The molecule has 0 amide bonds. The molecule has 0 aliphatic carbocycles. The maximum atomic E-state index is 13.8. The second kappa shape index (κ2) is 8.74. The van der Waals surface area contributed by atoms with Gasteiger partial charge >= 0.3 is 11.6 Å². The summed E-state index contributed by atoms with van der Waals surface area (Å²) in [4.78, 5) is 13.8. The van der Waals surface area contributed by atoms with Crippen molar-refractivity contribution in [2.24, 2.45) is 0 Å². The molecule has 0 saturated heterocycles. The van der Waals surface area contributed by atoms with Gasteiger partial charge in [-0.25, -0.2) is 0 Å². The van der Waals surface area contributed by atoms with E-state index in [1.807, 2.05) is 0 Å². The molecule has 4 atom stereocenters. The van der Waals surface area contributed by atoms with Crippen molar-refractivity contribution in [2.45, 2.75) is 30.2 Å². The minimum Gasteiger partial charge on any atom is -0.508 e. The summed E-state index contributed by atoms with van der Waals surface area (Å²) >= 11 is 0. The molecule has 4 aromatic rings. The number of carbonyl (C=O) groups excluding carboxylic acids is 1. The first-order valence-corrected chi connectivity index (χ1v) is 12.9. The van der Waals surface area contributed by atoms with E-state index < -0.39 is 58.1 Å². The Morgan fingerprint density at radius 1 is 0.674 bits per heavy atom. The van der Waals surface area contributed by atoms with Crippen LogP contribution in [-0.4, -0.2) is 58.5 Å². The number of rotatable bonds is 2. The van der Waals surface area contributed by atoms with Gasteiger partial charge in [0.2, 0.25) is 0 Å². The van der Waals surface area contributed by atoms with Crippen LogP contribution in [0.2, 0.25) is 0 Å². The summed E-state index contributed by atoms with van der Waals surface area (Å²) in [6, 6.07) is 11.8. The number of ether oxygens (including phenoxy) is 4. The van der Waals surface area contributed by atoms with Crippen LogP contribution in [0.25, 0.3) is 0 Å². The van der Waals surface area contributed by atoms with Crippen molar-refractivity contribution in [2.75, 3.05) is 0 Å². The Balaban J connectivity index is 1.37. The third kappa shape index (κ3) is 3.68. The number of carbonyl (C=O) groups is 1. The van der Waals surface area contributed by atoms with E-state index >= 15 is 0 Å². The molecular formula is C30H22O13. The largest absolute Gasteiger partial charge is 0.508 e. The number of phenolic OH excluding ortho intramolecular Hbond substituents is 6. The Kier molecular flexibility index (Phi) is 5.36. The fourth-order valence-electron chi connectivity index (χ4n) is 5.61. The highest BCUT2D eigenvalue weighted by Crippen LogP contribution is 2.56. The molecule has 3 aliphatic rings. The van der Waals surface area contributed by atoms with Gasteiger partial charge in [-0.2, -0.15) is 0 Å². The van der Waals surface area contributed by atoms with Crippen molar-refractivity contribution < 1.29 is 64.6 Å². The number of aliphatic hydroxyl groups excluding tert-OH is 1. The van der Waals surface area contributed by atoms with Crippen molar-refractivity contribution in [3.8, 4) is 57.5 Å². The van der Waals surface area contributed by atoms with Gasteiger partial charge in [-0.1, -0.05) is 6.07 Å². The van der Waals surface area contributed by atoms with E-state index in [1.54, 1.807) is 0 Å². The number of ketones is 1. The summed E-state index contributed by atoms with van der Waals surface area (Å²) in [6.45, 7) is 0. The smallest absolute Gasteiger partial charge is 0.357 e. The molecule has 13 nitrogen and oxygen atoms in total. The van der Waals surface area contributed by atoms with Crippen LogP contribution in [0.5, 0.6) is 57.5 Å². The first-order chi connectivity index (χ1) is 20.4. The standard InChI is InChI=1S/C30H22O13/c31-14-7-18(34)16-11-21(37)27(40-23(16)9-14)12-1-4-22-24(5-12)42-30(13-2-3-17(33)19(35)6-13)29(39,41-22)28(38)26-20(36)8-15(32)10-25(26)43-30/h1-10,21,27,31-37,39H,11H2. The van der Waals surface area contributed by atoms with E-state index in [2.05, 4.69) is 0 Å². The van der Waals surface area contributed by atoms with Crippen LogP contribution in [0.4, 0.5) is 0 Å². The molecule has 43 heavy (non-hydrogen) atoms. The number of aromatic hydroxyl groups is 6. The van der Waals surface area contributed by atoms with E-state index in [-0.39, 0.29) is 46.5 Å². The lowest BCUT2D eigenvalue weighted by molar-refractivity contribution is -0.316. The van der Waals surface area contributed by atoms with Crippen LogP contribution in [-0.2, 0) is 12.2 Å². The summed E-state index contributed by atoms with van der Waals surface area (Å²) in [5.74, 6) is -10.2. The van der Waals surface area contributed by atoms with Gasteiger partial charge in [0.15, 0.2) is 23.0 Å². The molecular weight excluding hydrogens is 568 g/mol. The normalized spacial score (nSPS) is 25.0. The fraction of sp³-hybridized carbons (Fsp3) is 0.167. The lowest BCUT2D eigenvalue weighted by Crippen LogP contribution is -2.70. The summed E-state index contributed by atoms with van der Waals surface area (Å²) < 4.78 is 24.0. The van der Waals surface area contributed by atoms with E-state index in [0.29, 0.717) is 11.1 Å². The first-order valence-electron chi connectivity index (χ1n) is 12.9. The van der Waals surface area contributed by atoms with Gasteiger partial charge < -0.3 is 59.8 Å². The average Bonchev–Trinajstić information content (AvgIpc) is 2.94. The number of hydrogen-bond acceptors (Lipinski definition) is 13. The fourth-order valence-corrected chi connectivity index (χ4v) is 5.61. The van der Waals surface area contributed by atoms with Gasteiger partial charge in [-0.3, -0.25) is 4.79 Å². The third-order valence-corrected chi connectivity index (χ3v) is 7.65. The Morgan fingerprint density at radius 2 is 1.37 bits per heavy atom. The van der Waals surface area contributed by atoms with Gasteiger partial charge in [0, 0.05) is 41.8 Å². The minimum absolute atomic E-state index is 0.0155. The molecule has 3 aliphatic heterocycles. The number of phenols is 6. The third-order valence-electron chi connectivity index (χ3n) is 7.65. The van der Waals surface area contributed by atoms with Crippen LogP contribution >= 0.6 is 0 Å². The highest BCUT2D eigenvalue weighted by molar-refractivity contribution is 6.08. The summed E-state index contributed by atoms with van der Waals surface area (Å²) in [6.07, 6.45) is -2.20. The van der Waals surface area contributed by atoms with Crippen molar-refractivity contribution in [1.82, 2.24) is 0 Å². The second-order valence-corrected chi connectivity index (χ2v) is 10.4. The zero-order valence-electron chi connectivity index (χ0n) is 21.8. The molecule has 0 bridgehead atoms. The predicted octanol–water partition coefficient (Wildman–Crippen LogP) is 2.55. The van der Waals surface area contributed by atoms with Crippen LogP contribution in [0.3, 0.4) is 0 Å². The highest BCUT2D eigenvalue weighted by Gasteiger charge is 2.71. The quantitative estimate of drug-likeness (QED) is 0.158. The molecule has 13 heteroatoms. The second-order valence-electron chi connectivity index (χ2n) is 10.4. The summed E-state index contributed by atoms with van der Waals surface area (Å²) in [5, 5.41) is 83.6. The van der Waals surface area contributed by atoms with Gasteiger partial charge in [0.05, 0.1) is 6.10 Å². The molecule has 0 spiro atoms. The number of fused-ring (bicyclic) bond motifs is 4. The van der Waals surface area contributed by atoms with E-state index in [0.717, 1.165) is 30.3 Å². The number of aliphatic hydroxyl groups is 2. The van der Waals surface area contributed by atoms with Gasteiger partial charge in [-0.05, 0) is 35.9 Å². The summed E-state index contributed by atoms with van der Waals surface area (Å²) in [5.41, 5.74) is -0.0756. The van der Waals surface area contributed by atoms with Crippen molar-refractivity contribution >= 4 is 5.78 Å². The molecule has 220 valence electrons. The number of benzene rings is 4. The van der Waals surface area contributed by atoms with Crippen LogP contribution < -0.4 is 18.9 Å². The Hall–Kier alpha value is -5.53. The average molecular weight is 590 g/mol. The Labute approximate surface area is 241 Å². The van der Waals surface area contributed by atoms with E-state index in [4.69, 9.17) is 18.9 Å². The molecule has 4 aromatic carbocycles. The number of hydrogen-bond donors (Lipinski definition) is 8. The lowest BCUT2D eigenvalue weighted by Gasteiger charge is -2.50. The van der Waals surface area contributed by atoms with Crippen LogP contribution in [0, 0.1) is 0 Å². The zero-order valence-corrected chi connectivity index (χ0v) is 21.8. The van der Waals surface area contributed by atoms with Crippen LogP contribution in [0.1, 0.15) is 33.2 Å². The zero-order chi connectivity index (χ0) is 30.4. The molecule has 0 radical (unpaired) electrons.